The van der Waals surface area contributed by atoms with Gasteiger partial charge in [-0.25, -0.2) is 9.37 Å². The van der Waals surface area contributed by atoms with Gasteiger partial charge in [0.05, 0.1) is 18.6 Å². The molecule has 4 nitrogen and oxygen atoms in total. The maximum Gasteiger partial charge on any atom is 0.165 e. The van der Waals surface area contributed by atoms with Crippen molar-refractivity contribution in [1.82, 2.24) is 14.5 Å². The molecule has 1 aromatic heterocycles. The highest BCUT2D eigenvalue weighted by Gasteiger charge is 2.21. The lowest BCUT2D eigenvalue weighted by molar-refractivity contribution is 0.121. The molecule has 1 aromatic carbocycles. The molecule has 2 aromatic rings. The van der Waals surface area contributed by atoms with Gasteiger partial charge < -0.3 is 9.30 Å². The molecule has 124 valence electrons. The number of para-hydroxylation sites is 1. The van der Waals surface area contributed by atoms with Crippen molar-refractivity contribution >= 4 is 0 Å². The molecule has 0 N–H and O–H groups in total. The van der Waals surface area contributed by atoms with Crippen LogP contribution in [0.5, 0.6) is 5.75 Å². The van der Waals surface area contributed by atoms with Crippen molar-refractivity contribution in [2.45, 2.75) is 32.9 Å². The molecular weight excluding hydrogens is 293 g/mol. The van der Waals surface area contributed by atoms with Gasteiger partial charge in [-0.05, 0) is 38.4 Å². The van der Waals surface area contributed by atoms with E-state index in [1.165, 1.54) is 11.8 Å². The first-order chi connectivity index (χ1) is 11.3. The number of ether oxygens (including phenoxy) is 1. The summed E-state index contributed by atoms with van der Waals surface area (Å²) in [6, 6.07) is 6.61. The monoisotopic (exact) mass is 317 g/mol. The van der Waals surface area contributed by atoms with Gasteiger partial charge in [-0.3, -0.25) is 4.90 Å². The zero-order valence-corrected chi connectivity index (χ0v) is 13.6. The lowest BCUT2D eigenvalue weighted by atomic mass is 9.99. The van der Waals surface area contributed by atoms with Crippen molar-refractivity contribution in [3.8, 4) is 5.75 Å². The first-order valence-electron chi connectivity index (χ1n) is 8.35. The second-order valence-corrected chi connectivity index (χ2v) is 6.16. The number of rotatable bonds is 6. The molecule has 0 spiro atoms. The molecule has 23 heavy (non-hydrogen) atoms. The minimum absolute atomic E-state index is 0.285. The Hall–Kier alpha value is -1.88. The van der Waals surface area contributed by atoms with Crippen LogP contribution in [-0.2, 0) is 13.1 Å². The summed E-state index contributed by atoms with van der Waals surface area (Å²) in [6.45, 7) is 6.67. The Bertz CT molecular complexity index is 628. The lowest BCUT2D eigenvalue weighted by Crippen LogP contribution is -2.37. The van der Waals surface area contributed by atoms with Crippen molar-refractivity contribution < 1.29 is 9.13 Å². The molecule has 1 fully saturated rings. The van der Waals surface area contributed by atoms with Gasteiger partial charge in [0.2, 0.25) is 0 Å². The SMILES string of the molecule is CCn1cncc1CN1CCCC(COc2ccccc2F)C1. The normalized spacial score (nSPS) is 19.0. The highest BCUT2D eigenvalue weighted by Crippen LogP contribution is 2.21. The third-order valence-electron chi connectivity index (χ3n) is 4.44. The van der Waals surface area contributed by atoms with Gasteiger partial charge in [0.25, 0.3) is 0 Å². The molecule has 1 aliphatic heterocycles. The number of aryl methyl sites for hydroxylation is 1. The molecule has 1 atom stereocenters. The summed E-state index contributed by atoms with van der Waals surface area (Å²) >= 11 is 0. The fourth-order valence-corrected chi connectivity index (χ4v) is 3.19. The van der Waals surface area contributed by atoms with Gasteiger partial charge >= 0.3 is 0 Å². The minimum Gasteiger partial charge on any atom is -0.490 e. The zero-order chi connectivity index (χ0) is 16.1. The smallest absolute Gasteiger partial charge is 0.165 e. The van der Waals surface area contributed by atoms with E-state index in [-0.39, 0.29) is 5.82 Å². The number of hydrogen-bond acceptors (Lipinski definition) is 3. The van der Waals surface area contributed by atoms with Gasteiger partial charge in [0, 0.05) is 31.7 Å². The van der Waals surface area contributed by atoms with Crippen LogP contribution >= 0.6 is 0 Å². The van der Waals surface area contributed by atoms with Gasteiger partial charge in [-0.1, -0.05) is 12.1 Å². The van der Waals surface area contributed by atoms with E-state index in [1.54, 1.807) is 18.2 Å². The molecule has 3 rings (SSSR count). The molecule has 5 heteroatoms. The van der Waals surface area contributed by atoms with Crippen molar-refractivity contribution in [1.29, 1.82) is 0 Å². The molecular formula is C18H24FN3O. The molecule has 0 saturated carbocycles. The quantitative estimate of drug-likeness (QED) is 0.818. The van der Waals surface area contributed by atoms with Crippen LogP contribution in [0.3, 0.4) is 0 Å². The highest BCUT2D eigenvalue weighted by molar-refractivity contribution is 5.23. The van der Waals surface area contributed by atoms with Crippen LogP contribution in [-0.4, -0.2) is 34.1 Å². The predicted molar refractivity (Wildman–Crippen MR) is 87.8 cm³/mol. The van der Waals surface area contributed by atoms with Crippen molar-refractivity contribution in [3.63, 3.8) is 0 Å². The molecule has 1 aliphatic rings. The summed E-state index contributed by atoms with van der Waals surface area (Å²) in [4.78, 5) is 6.68. The summed E-state index contributed by atoms with van der Waals surface area (Å²) in [5.74, 6) is 0.516. The van der Waals surface area contributed by atoms with Gasteiger partial charge in [0.15, 0.2) is 11.6 Å². The van der Waals surface area contributed by atoms with E-state index >= 15 is 0 Å². The largest absolute Gasteiger partial charge is 0.490 e. The Labute approximate surface area is 136 Å². The molecule has 0 amide bonds. The van der Waals surface area contributed by atoms with E-state index in [1.807, 2.05) is 12.5 Å². The molecule has 0 bridgehead atoms. The van der Waals surface area contributed by atoms with Crippen LogP contribution in [0.4, 0.5) is 4.39 Å². The second kappa shape index (κ2) is 7.59. The molecule has 0 aliphatic carbocycles. The Balaban J connectivity index is 1.53. The Morgan fingerprint density at radius 3 is 3.04 bits per heavy atom. The van der Waals surface area contributed by atoms with Crippen molar-refractivity contribution in [2.24, 2.45) is 5.92 Å². The fourth-order valence-electron chi connectivity index (χ4n) is 3.19. The number of piperidine rings is 1. The van der Waals surface area contributed by atoms with Gasteiger partial charge in [-0.2, -0.15) is 0 Å². The van der Waals surface area contributed by atoms with E-state index in [0.29, 0.717) is 18.3 Å². The van der Waals surface area contributed by atoms with E-state index < -0.39 is 0 Å². The first kappa shape index (κ1) is 16.0. The number of benzene rings is 1. The molecule has 2 heterocycles. The number of aromatic nitrogens is 2. The summed E-state index contributed by atoms with van der Waals surface area (Å²) in [7, 11) is 0. The van der Waals surface area contributed by atoms with E-state index in [4.69, 9.17) is 4.74 Å². The van der Waals surface area contributed by atoms with E-state index in [9.17, 15) is 4.39 Å². The number of imidazole rings is 1. The Morgan fingerprint density at radius 1 is 1.35 bits per heavy atom. The minimum atomic E-state index is -0.285. The third-order valence-corrected chi connectivity index (χ3v) is 4.44. The summed E-state index contributed by atoms with van der Waals surface area (Å²) in [5.41, 5.74) is 1.25. The number of halogens is 1. The predicted octanol–water partition coefficient (Wildman–Crippen LogP) is 3.33. The standard InChI is InChI=1S/C18H24FN3O/c1-2-22-14-20-10-16(22)12-21-9-5-6-15(11-21)13-23-18-8-4-3-7-17(18)19/h3-4,7-8,10,14-15H,2,5-6,9,11-13H2,1H3. The maximum absolute atomic E-state index is 13.6. The van der Waals surface area contributed by atoms with Crippen LogP contribution in [0.15, 0.2) is 36.8 Å². The lowest BCUT2D eigenvalue weighted by Gasteiger charge is -2.32. The van der Waals surface area contributed by atoms with Crippen LogP contribution in [0.2, 0.25) is 0 Å². The van der Waals surface area contributed by atoms with Crippen LogP contribution in [0.25, 0.3) is 0 Å². The fraction of sp³-hybridized carbons (Fsp3) is 0.500. The van der Waals surface area contributed by atoms with Crippen LogP contribution < -0.4 is 4.74 Å². The highest BCUT2D eigenvalue weighted by atomic mass is 19.1. The average molecular weight is 317 g/mol. The molecule has 1 unspecified atom stereocenters. The summed E-state index contributed by atoms with van der Waals surface area (Å²) in [6.07, 6.45) is 6.13. The average Bonchev–Trinajstić information content (AvgIpc) is 3.02. The van der Waals surface area contributed by atoms with E-state index in [0.717, 1.165) is 39.0 Å². The molecule has 1 saturated heterocycles. The Morgan fingerprint density at radius 2 is 2.22 bits per heavy atom. The summed E-state index contributed by atoms with van der Waals surface area (Å²) < 4.78 is 21.5. The van der Waals surface area contributed by atoms with Gasteiger partial charge in [0.1, 0.15) is 0 Å². The van der Waals surface area contributed by atoms with E-state index in [2.05, 4.69) is 21.4 Å². The first-order valence-corrected chi connectivity index (χ1v) is 8.35. The maximum atomic E-state index is 13.6. The zero-order valence-electron chi connectivity index (χ0n) is 13.6. The second-order valence-electron chi connectivity index (χ2n) is 6.16. The van der Waals surface area contributed by atoms with Crippen molar-refractivity contribution in [3.05, 3.63) is 48.3 Å². The number of nitrogens with zero attached hydrogens (tertiary/aromatic N) is 3. The van der Waals surface area contributed by atoms with Crippen LogP contribution in [0, 0.1) is 11.7 Å². The Kier molecular flexibility index (Phi) is 5.28. The number of likely N-dealkylation sites (tertiary alicyclic amines) is 1. The van der Waals surface area contributed by atoms with Crippen molar-refractivity contribution in [2.75, 3.05) is 19.7 Å². The molecule has 0 radical (unpaired) electrons. The number of hydrogen-bond donors (Lipinski definition) is 0. The summed E-state index contributed by atoms with van der Waals surface area (Å²) in [5, 5.41) is 0. The van der Waals surface area contributed by atoms with Gasteiger partial charge in [-0.15, -0.1) is 0 Å². The van der Waals surface area contributed by atoms with Crippen LogP contribution in [0.1, 0.15) is 25.5 Å². The topological polar surface area (TPSA) is 30.3 Å². The third kappa shape index (κ3) is 4.10.